The van der Waals surface area contributed by atoms with Gasteiger partial charge in [0.15, 0.2) is 0 Å². The number of amides is 1. The van der Waals surface area contributed by atoms with E-state index in [1.807, 2.05) is 0 Å². The summed E-state index contributed by atoms with van der Waals surface area (Å²) in [5.41, 5.74) is -0.800. The van der Waals surface area contributed by atoms with Gasteiger partial charge in [-0.05, 0) is 33.6 Å². The molecule has 0 aliphatic heterocycles. The second-order valence-corrected chi connectivity index (χ2v) is 8.89. The first-order chi connectivity index (χ1) is 11.2. The van der Waals surface area contributed by atoms with Crippen LogP contribution in [-0.4, -0.2) is 52.7 Å². The number of rotatable bonds is 8. The second-order valence-electron chi connectivity index (χ2n) is 6.45. The van der Waals surface area contributed by atoms with Crippen LogP contribution in [0, 0.1) is 4.78 Å². The molecule has 11 heteroatoms. The van der Waals surface area contributed by atoms with Gasteiger partial charge in [0.05, 0.1) is 7.11 Å². The fraction of sp³-hybridized carbons (Fsp3) is 0.857. The molecule has 148 valence electrons. The van der Waals surface area contributed by atoms with Crippen molar-refractivity contribution in [3.05, 3.63) is 0 Å². The number of nitrogens with one attached hydrogen (secondary N) is 2. The predicted octanol–water partition coefficient (Wildman–Crippen LogP) is 2.83. The van der Waals surface area contributed by atoms with Crippen molar-refractivity contribution in [1.29, 1.82) is 4.78 Å². The average molecular weight is 390 g/mol. The lowest BCUT2D eigenvalue weighted by atomic mass is 10.2. The number of halogens is 3. The van der Waals surface area contributed by atoms with Crippen molar-refractivity contribution in [2.75, 3.05) is 18.6 Å². The van der Waals surface area contributed by atoms with Crippen molar-refractivity contribution >= 4 is 21.8 Å². The van der Waals surface area contributed by atoms with Gasteiger partial charge in [-0.2, -0.15) is 13.2 Å². The first-order valence-electron chi connectivity index (χ1n) is 7.53. The molecule has 0 spiro atoms. The molecule has 0 aliphatic rings. The van der Waals surface area contributed by atoms with Crippen LogP contribution < -0.4 is 5.32 Å². The third-order valence-corrected chi connectivity index (χ3v) is 4.69. The number of hydrogen-bond donors (Lipinski definition) is 2. The monoisotopic (exact) mass is 390 g/mol. The van der Waals surface area contributed by atoms with E-state index in [1.54, 1.807) is 20.8 Å². The molecule has 0 radical (unpaired) electrons. The third-order valence-electron chi connectivity index (χ3n) is 2.85. The number of alkyl carbamates (subject to hydrolysis) is 1. The van der Waals surface area contributed by atoms with E-state index >= 15 is 0 Å². The van der Waals surface area contributed by atoms with Crippen molar-refractivity contribution in [2.45, 2.75) is 57.9 Å². The lowest BCUT2D eigenvalue weighted by Crippen LogP contribution is -2.44. The Hall–Kier alpha value is -1.52. The summed E-state index contributed by atoms with van der Waals surface area (Å²) in [5, 5.41) is 2.25. The molecule has 0 aromatic carbocycles. The molecular formula is C14H25F3N2O5S. The summed E-state index contributed by atoms with van der Waals surface area (Å²) < 4.78 is 65.4. The molecule has 0 aliphatic carbocycles. The van der Waals surface area contributed by atoms with Crippen LogP contribution in [0.4, 0.5) is 18.0 Å². The number of alkyl halides is 3. The molecule has 0 bridgehead atoms. The van der Waals surface area contributed by atoms with Gasteiger partial charge in [0.1, 0.15) is 11.6 Å². The number of carbonyl (C=O) groups excluding carboxylic acids is 2. The Kier molecular flexibility index (Phi) is 8.69. The van der Waals surface area contributed by atoms with Crippen molar-refractivity contribution in [3.63, 3.8) is 0 Å². The van der Waals surface area contributed by atoms with Gasteiger partial charge >= 0.3 is 18.2 Å². The van der Waals surface area contributed by atoms with Gasteiger partial charge in [-0.25, -0.2) is 13.8 Å². The SMILES string of the molecule is COC(=O)[C@H](CCS(=N)(=O)CCCC(F)(F)F)NC(=O)OC(C)(C)C. The Morgan fingerprint density at radius 2 is 1.76 bits per heavy atom. The van der Waals surface area contributed by atoms with Crippen LogP contribution in [0.3, 0.4) is 0 Å². The maximum Gasteiger partial charge on any atom is 0.408 e. The van der Waals surface area contributed by atoms with E-state index < -0.39 is 58.2 Å². The zero-order chi connectivity index (χ0) is 19.9. The molecule has 25 heavy (non-hydrogen) atoms. The maximum atomic E-state index is 12.1. The fourth-order valence-corrected chi connectivity index (χ4v) is 3.19. The normalized spacial score (nSPS) is 15.8. The predicted molar refractivity (Wildman–Crippen MR) is 85.7 cm³/mol. The zero-order valence-corrected chi connectivity index (χ0v) is 15.5. The molecule has 2 N–H and O–H groups in total. The van der Waals surface area contributed by atoms with Gasteiger partial charge in [-0.1, -0.05) is 0 Å². The lowest BCUT2D eigenvalue weighted by Gasteiger charge is -2.22. The van der Waals surface area contributed by atoms with Crippen LogP contribution in [0.1, 0.15) is 40.0 Å². The quantitative estimate of drug-likeness (QED) is 0.620. The molecule has 0 rings (SSSR count). The van der Waals surface area contributed by atoms with E-state index in [0.717, 1.165) is 7.11 Å². The molecule has 0 saturated carbocycles. The highest BCUT2D eigenvalue weighted by Crippen LogP contribution is 2.22. The minimum atomic E-state index is -4.37. The van der Waals surface area contributed by atoms with Crippen LogP contribution in [0.5, 0.6) is 0 Å². The molecule has 0 aromatic rings. The highest BCUT2D eigenvalue weighted by Gasteiger charge is 2.28. The summed E-state index contributed by atoms with van der Waals surface area (Å²) in [4.78, 5) is 23.4. The van der Waals surface area contributed by atoms with Gasteiger partial charge in [-0.15, -0.1) is 0 Å². The fourth-order valence-electron chi connectivity index (χ4n) is 1.76. The largest absolute Gasteiger partial charge is 0.467 e. The minimum absolute atomic E-state index is 0.208. The number of esters is 1. The van der Waals surface area contributed by atoms with Crippen molar-refractivity contribution < 1.29 is 36.4 Å². The second kappa shape index (κ2) is 9.25. The standard InChI is InChI=1S/C14H25F3N2O5S/c1-13(2,3)24-12(21)19-10(11(20)23-4)6-9-25(18,22)8-5-7-14(15,16)17/h10,18H,5-9H2,1-4H3,(H,19,21)/t10-,25?/m0/s1. The molecular weight excluding hydrogens is 365 g/mol. The Labute approximate surface area is 145 Å². The maximum absolute atomic E-state index is 12.1. The highest BCUT2D eigenvalue weighted by atomic mass is 32.2. The van der Waals surface area contributed by atoms with Crippen molar-refractivity contribution in [2.24, 2.45) is 0 Å². The topological polar surface area (TPSA) is 106 Å². The van der Waals surface area contributed by atoms with Crippen LogP contribution in [0.25, 0.3) is 0 Å². The zero-order valence-electron chi connectivity index (χ0n) is 14.7. The number of hydrogen-bond acceptors (Lipinski definition) is 6. The molecule has 0 heterocycles. The van der Waals surface area contributed by atoms with Gasteiger partial charge < -0.3 is 14.8 Å². The van der Waals surface area contributed by atoms with Gasteiger partial charge in [0.2, 0.25) is 0 Å². The molecule has 0 saturated heterocycles. The van der Waals surface area contributed by atoms with Crippen LogP contribution in [-0.2, 0) is 24.0 Å². The summed E-state index contributed by atoms with van der Waals surface area (Å²) in [6.45, 7) is 4.87. The molecule has 1 unspecified atom stereocenters. The number of carbonyl (C=O) groups is 2. The van der Waals surface area contributed by atoms with E-state index in [9.17, 15) is 27.0 Å². The highest BCUT2D eigenvalue weighted by molar-refractivity contribution is 7.92. The van der Waals surface area contributed by atoms with Gasteiger partial charge in [0, 0.05) is 27.7 Å². The van der Waals surface area contributed by atoms with Crippen molar-refractivity contribution in [1.82, 2.24) is 5.32 Å². The first-order valence-corrected chi connectivity index (χ1v) is 9.43. The Bertz CT molecular complexity index is 556. The molecule has 7 nitrogen and oxygen atoms in total. The number of methoxy groups -OCH3 is 1. The van der Waals surface area contributed by atoms with Crippen molar-refractivity contribution in [3.8, 4) is 0 Å². The molecule has 1 amide bonds. The molecule has 2 atom stereocenters. The summed E-state index contributed by atoms with van der Waals surface area (Å²) >= 11 is 0. The van der Waals surface area contributed by atoms with E-state index in [4.69, 9.17) is 9.52 Å². The van der Waals surface area contributed by atoms with Crippen LogP contribution in [0.15, 0.2) is 0 Å². The van der Waals surface area contributed by atoms with E-state index in [-0.39, 0.29) is 12.2 Å². The minimum Gasteiger partial charge on any atom is -0.467 e. The van der Waals surface area contributed by atoms with E-state index in [0.29, 0.717) is 0 Å². The summed E-state index contributed by atoms with van der Waals surface area (Å²) in [6, 6.07) is -1.20. The van der Waals surface area contributed by atoms with Gasteiger partial charge in [-0.3, -0.25) is 4.78 Å². The summed E-state index contributed by atoms with van der Waals surface area (Å²) in [7, 11) is -2.22. The van der Waals surface area contributed by atoms with Crippen LogP contribution in [0.2, 0.25) is 0 Å². The molecule has 0 fully saturated rings. The summed E-state index contributed by atoms with van der Waals surface area (Å²) in [6.07, 6.45) is -7.03. The number of ether oxygens (including phenoxy) is 2. The Morgan fingerprint density at radius 1 is 1.20 bits per heavy atom. The molecule has 0 aromatic heterocycles. The Morgan fingerprint density at radius 3 is 2.20 bits per heavy atom. The summed E-state index contributed by atoms with van der Waals surface area (Å²) in [5.74, 6) is -1.61. The average Bonchev–Trinajstić information content (AvgIpc) is 2.38. The van der Waals surface area contributed by atoms with Gasteiger partial charge in [0.25, 0.3) is 0 Å². The lowest BCUT2D eigenvalue weighted by molar-refractivity contribution is -0.143. The third kappa shape index (κ3) is 12.5. The van der Waals surface area contributed by atoms with Crippen LogP contribution >= 0.6 is 0 Å². The van der Waals surface area contributed by atoms with E-state index in [1.165, 1.54) is 0 Å². The Balaban J connectivity index is 4.67. The van der Waals surface area contributed by atoms with E-state index in [2.05, 4.69) is 10.1 Å². The first kappa shape index (κ1) is 23.5. The smallest absolute Gasteiger partial charge is 0.408 e.